The first-order valence-electron chi connectivity index (χ1n) is 9.63. The lowest BCUT2D eigenvalue weighted by molar-refractivity contribution is 0.0913. The second kappa shape index (κ2) is 8.77. The lowest BCUT2D eigenvalue weighted by atomic mass is 10.1. The van der Waals surface area contributed by atoms with E-state index in [4.69, 9.17) is 0 Å². The number of nitrogens with zero attached hydrogens (tertiary/aromatic N) is 2. The number of aromatic amines is 1. The van der Waals surface area contributed by atoms with Gasteiger partial charge >= 0.3 is 0 Å². The number of aryl methyl sites for hydroxylation is 1. The second-order valence-electron chi connectivity index (χ2n) is 7.14. The Balaban J connectivity index is 1.51. The number of hydrogen-bond acceptors (Lipinski definition) is 5. The van der Waals surface area contributed by atoms with Crippen molar-refractivity contribution < 1.29 is 9.90 Å². The van der Waals surface area contributed by atoms with Crippen LogP contribution in [-0.2, 0) is 0 Å². The summed E-state index contributed by atoms with van der Waals surface area (Å²) < 4.78 is 3.25. The molecule has 1 aromatic heterocycles. The van der Waals surface area contributed by atoms with Gasteiger partial charge in [-0.05, 0) is 73.7 Å². The molecule has 8 heteroatoms. The topological polar surface area (TPSA) is 81.2 Å². The van der Waals surface area contributed by atoms with Crippen LogP contribution in [-0.4, -0.2) is 39.9 Å². The molecule has 0 radical (unpaired) electrons. The highest BCUT2D eigenvalue weighted by Gasteiger charge is 2.20. The van der Waals surface area contributed by atoms with E-state index in [1.807, 2.05) is 55.3 Å². The maximum absolute atomic E-state index is 12.8. The van der Waals surface area contributed by atoms with Crippen LogP contribution in [0.15, 0.2) is 40.9 Å². The monoisotopic (exact) mass is 474 g/mol. The van der Waals surface area contributed by atoms with Crippen LogP contribution >= 0.6 is 27.9 Å². The van der Waals surface area contributed by atoms with Crippen molar-refractivity contribution >= 4 is 50.5 Å². The van der Waals surface area contributed by atoms with Gasteiger partial charge in [0, 0.05) is 28.0 Å². The smallest absolute Gasteiger partial charge is 0.251 e. The first-order chi connectivity index (χ1) is 14.0. The highest BCUT2D eigenvalue weighted by Crippen LogP contribution is 2.31. The van der Waals surface area contributed by atoms with Gasteiger partial charge in [0.2, 0.25) is 0 Å². The molecule has 0 bridgehead atoms. The summed E-state index contributed by atoms with van der Waals surface area (Å²) in [5.74, 6) is 1.44. The minimum atomic E-state index is -0.605. The minimum absolute atomic E-state index is 0.230. The molecule has 6 nitrogen and oxygen atoms in total. The average molecular weight is 475 g/mol. The van der Waals surface area contributed by atoms with Gasteiger partial charge in [-0.25, -0.2) is 4.98 Å². The van der Waals surface area contributed by atoms with Gasteiger partial charge in [0.25, 0.3) is 5.91 Å². The molecule has 0 saturated carbocycles. The van der Waals surface area contributed by atoms with Gasteiger partial charge in [-0.1, -0.05) is 15.9 Å². The number of anilines is 1. The van der Waals surface area contributed by atoms with Crippen molar-refractivity contribution in [1.29, 1.82) is 0 Å². The molecule has 1 amide bonds. The van der Waals surface area contributed by atoms with Gasteiger partial charge in [-0.3, -0.25) is 4.79 Å². The largest absolute Gasteiger partial charge is 0.394 e. The van der Waals surface area contributed by atoms with Gasteiger partial charge in [-0.15, -0.1) is 0 Å². The number of aliphatic hydroxyl groups is 1. The molecule has 1 unspecified atom stereocenters. The minimum Gasteiger partial charge on any atom is -0.394 e. The third-order valence-corrected chi connectivity index (χ3v) is 6.67. The van der Waals surface area contributed by atoms with Gasteiger partial charge in [0.05, 0.1) is 17.6 Å². The van der Waals surface area contributed by atoms with E-state index >= 15 is 0 Å². The zero-order chi connectivity index (χ0) is 20.4. The van der Waals surface area contributed by atoms with Crippen LogP contribution in [0.1, 0.15) is 40.6 Å². The predicted molar refractivity (Wildman–Crippen MR) is 121 cm³/mol. The molecule has 1 saturated heterocycles. The lowest BCUT2D eigenvalue weighted by Gasteiger charge is -2.28. The van der Waals surface area contributed by atoms with E-state index in [9.17, 15) is 9.90 Å². The first-order valence-corrected chi connectivity index (χ1v) is 11.4. The van der Waals surface area contributed by atoms with Crippen molar-refractivity contribution in [2.45, 2.75) is 25.8 Å². The highest BCUT2D eigenvalue weighted by atomic mass is 79.9. The summed E-state index contributed by atoms with van der Waals surface area (Å²) >= 11 is 5.28. The van der Waals surface area contributed by atoms with E-state index in [0.717, 1.165) is 39.1 Å². The predicted octanol–water partition coefficient (Wildman–Crippen LogP) is 4.35. The van der Waals surface area contributed by atoms with Gasteiger partial charge in [0.15, 0.2) is 0 Å². The molecule has 0 spiro atoms. The molecule has 2 heterocycles. The van der Waals surface area contributed by atoms with Crippen molar-refractivity contribution in [1.82, 2.24) is 15.3 Å². The Morgan fingerprint density at radius 1 is 1.34 bits per heavy atom. The van der Waals surface area contributed by atoms with Crippen LogP contribution < -0.4 is 9.62 Å². The van der Waals surface area contributed by atoms with Crippen LogP contribution in [0.2, 0.25) is 0 Å². The number of hydrogen-bond donors (Lipinski definition) is 3. The Morgan fingerprint density at radius 3 is 2.93 bits per heavy atom. The van der Waals surface area contributed by atoms with E-state index in [1.165, 1.54) is 12.8 Å². The molecule has 1 fully saturated rings. The van der Waals surface area contributed by atoms with Crippen LogP contribution in [0.3, 0.4) is 0 Å². The molecule has 2 aromatic carbocycles. The van der Waals surface area contributed by atoms with Crippen LogP contribution in [0.5, 0.6) is 0 Å². The van der Waals surface area contributed by atoms with E-state index in [2.05, 4.69) is 35.5 Å². The number of rotatable bonds is 5. The standard InChI is InChI=1S/C21H23BrN4O2S/c1-13-10-14(4-7-19(13)26-8-2-3-9-29-26)21(28)25-18(12-27)20-23-16-6-5-15(22)11-17(16)24-20/h4-7,10-11,18,27H,2-3,8-9,12H2,1H3,(H,23,24)(H,25,28). The highest BCUT2D eigenvalue weighted by molar-refractivity contribution is 9.10. The fourth-order valence-corrected chi connectivity index (χ4v) is 4.99. The number of amides is 1. The Kier molecular flexibility index (Phi) is 6.12. The number of H-pyrrole nitrogens is 1. The molecule has 1 aliphatic rings. The number of carbonyl (C=O) groups is 1. The molecule has 3 aromatic rings. The maximum atomic E-state index is 12.8. The molecule has 4 rings (SSSR count). The number of halogens is 1. The van der Waals surface area contributed by atoms with E-state index < -0.39 is 6.04 Å². The summed E-state index contributed by atoms with van der Waals surface area (Å²) in [7, 11) is 0. The molecule has 0 aliphatic carbocycles. The van der Waals surface area contributed by atoms with E-state index in [0.29, 0.717) is 11.4 Å². The summed E-state index contributed by atoms with van der Waals surface area (Å²) in [5, 5.41) is 12.7. The van der Waals surface area contributed by atoms with Crippen molar-refractivity contribution in [2.24, 2.45) is 0 Å². The van der Waals surface area contributed by atoms with E-state index in [1.54, 1.807) is 0 Å². The summed E-state index contributed by atoms with van der Waals surface area (Å²) in [5.41, 5.74) is 4.44. The quantitative estimate of drug-likeness (QED) is 0.479. The summed E-state index contributed by atoms with van der Waals surface area (Å²) in [4.78, 5) is 20.5. The SMILES string of the molecule is Cc1cc(C(=O)NC(CO)c2nc3ccc(Br)cc3[nH]2)ccc1N1CCCCS1. The Bertz CT molecular complexity index is 1030. The second-order valence-corrected chi connectivity index (χ2v) is 9.16. The lowest BCUT2D eigenvalue weighted by Crippen LogP contribution is -2.31. The number of nitrogens with one attached hydrogen (secondary N) is 2. The summed E-state index contributed by atoms with van der Waals surface area (Å²) in [6.07, 6.45) is 2.45. The van der Waals surface area contributed by atoms with Crippen LogP contribution in [0.25, 0.3) is 11.0 Å². The number of aliphatic hydroxyl groups excluding tert-OH is 1. The summed E-state index contributed by atoms with van der Waals surface area (Å²) in [6.45, 7) is 2.82. The zero-order valence-corrected chi connectivity index (χ0v) is 18.5. The maximum Gasteiger partial charge on any atom is 0.251 e. The number of fused-ring (bicyclic) bond motifs is 1. The van der Waals surface area contributed by atoms with Crippen molar-refractivity contribution in [3.63, 3.8) is 0 Å². The van der Waals surface area contributed by atoms with Crippen LogP contribution in [0, 0.1) is 6.92 Å². The first kappa shape index (κ1) is 20.3. The molecular formula is C21H23BrN4O2S. The molecule has 152 valence electrons. The molecule has 29 heavy (non-hydrogen) atoms. The number of aromatic nitrogens is 2. The van der Waals surface area contributed by atoms with Crippen molar-refractivity contribution in [3.8, 4) is 0 Å². The van der Waals surface area contributed by atoms with Crippen molar-refractivity contribution in [3.05, 3.63) is 57.8 Å². The molecule has 1 aliphatic heterocycles. The van der Waals surface area contributed by atoms with Gasteiger partial charge in [-0.2, -0.15) is 0 Å². The Hall–Kier alpha value is -2.03. The zero-order valence-electron chi connectivity index (χ0n) is 16.1. The number of carbonyl (C=O) groups excluding carboxylic acids is 1. The van der Waals surface area contributed by atoms with Gasteiger partial charge in [0.1, 0.15) is 11.9 Å². The molecule has 3 N–H and O–H groups in total. The third-order valence-electron chi connectivity index (χ3n) is 5.01. The Labute approximate surface area is 182 Å². The fraction of sp³-hybridized carbons (Fsp3) is 0.333. The third kappa shape index (κ3) is 4.44. The summed E-state index contributed by atoms with van der Waals surface area (Å²) in [6, 6.07) is 10.9. The number of imidazole rings is 1. The fourth-order valence-electron chi connectivity index (χ4n) is 3.47. The van der Waals surface area contributed by atoms with Crippen molar-refractivity contribution in [2.75, 3.05) is 23.2 Å². The molecular weight excluding hydrogens is 452 g/mol. The Morgan fingerprint density at radius 2 is 2.21 bits per heavy atom. The van der Waals surface area contributed by atoms with E-state index in [-0.39, 0.29) is 12.5 Å². The van der Waals surface area contributed by atoms with Gasteiger partial charge < -0.3 is 19.7 Å². The molecule has 1 atom stereocenters. The number of benzene rings is 2. The average Bonchev–Trinajstić information content (AvgIpc) is 3.15. The normalized spacial score (nSPS) is 15.5. The van der Waals surface area contributed by atoms with Crippen LogP contribution in [0.4, 0.5) is 5.69 Å².